The van der Waals surface area contributed by atoms with Crippen molar-refractivity contribution >= 4 is 20.0 Å². The molecule has 0 aromatic carbocycles. The van der Waals surface area contributed by atoms with Crippen LogP contribution in [0.3, 0.4) is 0 Å². The van der Waals surface area contributed by atoms with Gasteiger partial charge < -0.3 is 28.2 Å². The Morgan fingerprint density at radius 1 is 0.857 bits per heavy atom. The van der Waals surface area contributed by atoms with Crippen molar-refractivity contribution in [1.82, 2.24) is 0 Å². The second-order valence-corrected chi connectivity index (χ2v) is 1.50. The number of rotatable bonds is 0. The van der Waals surface area contributed by atoms with Crippen LogP contribution in [0.2, 0.25) is 0 Å². The van der Waals surface area contributed by atoms with Crippen LogP contribution >= 0.6 is 0 Å². The second-order valence-electron chi connectivity index (χ2n) is 0.500. The zero-order chi connectivity index (χ0) is 4.50. The Bertz CT molecular complexity index is 25.2. The maximum atomic E-state index is 8.58. The van der Waals surface area contributed by atoms with E-state index in [1.54, 1.807) is 0 Å². The van der Waals surface area contributed by atoms with Crippen molar-refractivity contribution in [2.45, 2.75) is 0 Å². The minimum absolute atomic E-state index is 0. The molecule has 0 amide bonds. The molecule has 0 saturated heterocycles. The van der Waals surface area contributed by atoms with E-state index < -0.39 is 9.05 Å². The zero-order valence-electron chi connectivity index (χ0n) is 3.01. The Labute approximate surface area is 56.8 Å². The van der Waals surface area contributed by atoms with Gasteiger partial charge in [0.1, 0.15) is 0 Å². The van der Waals surface area contributed by atoms with Gasteiger partial charge in [-0.15, -0.1) is 0 Å². The third-order valence-electron chi connectivity index (χ3n) is 0. The van der Waals surface area contributed by atoms with Gasteiger partial charge in [0.25, 0.3) is 0 Å². The average Bonchev–Trinajstić information content (AvgIpc) is 0.722. The first-order valence-electron chi connectivity index (χ1n) is 0.816. The van der Waals surface area contributed by atoms with Crippen molar-refractivity contribution in [2.24, 2.45) is 0 Å². The molecule has 0 aliphatic heterocycles. The SMILES string of the molecule is [Mn+2].[O-][Si]([O-])([O-])[O-].[Si+4]. The molecular weight excluding hydrogens is 175 g/mol. The normalized spacial score (nSPS) is 8.57. The first kappa shape index (κ1) is 15.7. The zero-order valence-corrected chi connectivity index (χ0v) is 6.19. The predicted molar refractivity (Wildman–Crippen MR) is 11.5 cm³/mol. The van der Waals surface area contributed by atoms with E-state index in [1.165, 1.54) is 0 Å². The largest absolute Gasteiger partial charge is 4.00 e. The van der Waals surface area contributed by atoms with Crippen LogP contribution in [0.1, 0.15) is 0 Å². The molecule has 0 unspecified atom stereocenters. The monoisotopic (exact) mass is 175 g/mol. The summed E-state index contributed by atoms with van der Waals surface area (Å²) in [5.41, 5.74) is 0. The Morgan fingerprint density at radius 2 is 0.857 bits per heavy atom. The molecule has 37 valence electrons. The molecule has 0 aliphatic rings. The molecule has 0 aromatic rings. The van der Waals surface area contributed by atoms with Gasteiger partial charge in [-0.05, 0) is 0 Å². The fourth-order valence-electron chi connectivity index (χ4n) is 0. The van der Waals surface area contributed by atoms with E-state index in [0.717, 1.165) is 0 Å². The molecule has 7 heteroatoms. The van der Waals surface area contributed by atoms with E-state index in [4.69, 9.17) is 19.2 Å². The molecular formula is MnO4Si2+2. The summed E-state index contributed by atoms with van der Waals surface area (Å²) in [5.74, 6) is 0. The molecule has 0 bridgehead atoms. The van der Waals surface area contributed by atoms with Gasteiger partial charge in [0.05, 0.1) is 0 Å². The standard InChI is InChI=1S/Mn.O4Si.Si/c;1-5(2,3)4;/q+2;-4;+4. The van der Waals surface area contributed by atoms with E-state index >= 15 is 0 Å². The molecule has 0 aromatic heterocycles. The quantitative estimate of drug-likeness (QED) is 0.343. The van der Waals surface area contributed by atoms with Crippen molar-refractivity contribution in [3.05, 3.63) is 0 Å². The van der Waals surface area contributed by atoms with Gasteiger partial charge in [-0.3, -0.25) is 0 Å². The summed E-state index contributed by atoms with van der Waals surface area (Å²) in [5, 5.41) is 0. The number of hydrogen-bond donors (Lipinski definition) is 0. The Kier molecular flexibility index (Phi) is 11.0. The van der Waals surface area contributed by atoms with Crippen molar-refractivity contribution in [3.63, 3.8) is 0 Å². The van der Waals surface area contributed by atoms with Crippen LogP contribution in [0, 0.1) is 0 Å². The van der Waals surface area contributed by atoms with Gasteiger partial charge in [-0.2, -0.15) is 0 Å². The fourth-order valence-corrected chi connectivity index (χ4v) is 0. The number of hydrogen-bond acceptors (Lipinski definition) is 4. The summed E-state index contributed by atoms with van der Waals surface area (Å²) in [6, 6.07) is 0. The van der Waals surface area contributed by atoms with E-state index in [9.17, 15) is 0 Å². The maximum absolute atomic E-state index is 8.58. The smallest absolute Gasteiger partial charge is 0.894 e. The van der Waals surface area contributed by atoms with Crippen LogP contribution in [0.15, 0.2) is 0 Å². The fraction of sp³-hybridized carbons (Fsp3) is 0. The molecule has 0 fully saturated rings. The van der Waals surface area contributed by atoms with E-state index in [2.05, 4.69) is 0 Å². The van der Waals surface area contributed by atoms with Crippen molar-refractivity contribution in [2.75, 3.05) is 0 Å². The molecule has 0 atom stereocenters. The second kappa shape index (κ2) is 4.94. The van der Waals surface area contributed by atoms with Crippen molar-refractivity contribution < 1.29 is 36.3 Å². The van der Waals surface area contributed by atoms with E-state index in [0.29, 0.717) is 0 Å². The summed E-state index contributed by atoms with van der Waals surface area (Å²) in [7, 11) is -5.61. The summed E-state index contributed by atoms with van der Waals surface area (Å²) >= 11 is 0. The van der Waals surface area contributed by atoms with E-state index in [1.807, 2.05) is 0 Å². The maximum Gasteiger partial charge on any atom is 4.00 e. The van der Waals surface area contributed by atoms with Crippen molar-refractivity contribution in [3.8, 4) is 0 Å². The predicted octanol–water partition coefficient (Wildman–Crippen LogP) is -5.52. The molecule has 0 spiro atoms. The first-order chi connectivity index (χ1) is 2.00. The molecule has 4 nitrogen and oxygen atoms in total. The van der Waals surface area contributed by atoms with Crippen molar-refractivity contribution in [1.29, 1.82) is 0 Å². The van der Waals surface area contributed by atoms with Gasteiger partial charge in [-0.25, -0.2) is 0 Å². The van der Waals surface area contributed by atoms with Gasteiger partial charge in [0, 0.05) is 0 Å². The third kappa shape index (κ3) is 248. The summed E-state index contributed by atoms with van der Waals surface area (Å²) in [6.07, 6.45) is 0. The molecule has 0 aliphatic carbocycles. The third-order valence-corrected chi connectivity index (χ3v) is 0. The molecule has 0 heterocycles. The minimum Gasteiger partial charge on any atom is -0.894 e. The van der Waals surface area contributed by atoms with Gasteiger partial charge in [0.15, 0.2) is 0 Å². The van der Waals surface area contributed by atoms with E-state index in [-0.39, 0.29) is 28.0 Å². The van der Waals surface area contributed by atoms with Gasteiger partial charge >= 0.3 is 28.0 Å². The molecule has 0 saturated carbocycles. The Morgan fingerprint density at radius 3 is 0.857 bits per heavy atom. The molecule has 0 rings (SSSR count). The van der Waals surface area contributed by atoms with Gasteiger partial charge in [0.2, 0.25) is 0 Å². The Hall–Kier alpha value is 0.793. The van der Waals surface area contributed by atoms with Crippen LogP contribution in [0.5, 0.6) is 0 Å². The van der Waals surface area contributed by atoms with Crippen LogP contribution in [-0.2, 0) is 17.1 Å². The van der Waals surface area contributed by atoms with Crippen LogP contribution in [-0.4, -0.2) is 20.0 Å². The molecule has 0 N–H and O–H groups in total. The average molecular weight is 175 g/mol. The molecule has 7 heavy (non-hydrogen) atoms. The van der Waals surface area contributed by atoms with Crippen LogP contribution in [0.25, 0.3) is 0 Å². The minimum atomic E-state index is -5.61. The summed E-state index contributed by atoms with van der Waals surface area (Å²) in [6.45, 7) is 0. The first-order valence-corrected chi connectivity index (χ1v) is 2.45. The van der Waals surface area contributed by atoms with Crippen LogP contribution < -0.4 is 19.2 Å². The Balaban J connectivity index is -0.0000000800. The molecule has 1 radical (unpaired) electrons. The summed E-state index contributed by atoms with van der Waals surface area (Å²) in [4.78, 5) is 34.3. The van der Waals surface area contributed by atoms with Gasteiger partial charge in [-0.1, -0.05) is 0 Å². The summed E-state index contributed by atoms with van der Waals surface area (Å²) < 4.78 is 0. The topological polar surface area (TPSA) is 92.2 Å². The van der Waals surface area contributed by atoms with Crippen LogP contribution in [0.4, 0.5) is 0 Å².